The predicted molar refractivity (Wildman–Crippen MR) is 78.9 cm³/mol. The van der Waals surface area contributed by atoms with Gasteiger partial charge in [0, 0.05) is 12.7 Å². The Labute approximate surface area is 120 Å². The van der Waals surface area contributed by atoms with Crippen LogP contribution in [0.15, 0.2) is 36.4 Å². The summed E-state index contributed by atoms with van der Waals surface area (Å²) in [5.74, 6) is -0.689. The van der Waals surface area contributed by atoms with Crippen LogP contribution in [0.3, 0.4) is 0 Å². The maximum Gasteiger partial charge on any atom is 0.253 e. The van der Waals surface area contributed by atoms with Crippen molar-refractivity contribution in [2.75, 3.05) is 18.1 Å². The van der Waals surface area contributed by atoms with E-state index in [4.69, 9.17) is 17.3 Å². The van der Waals surface area contributed by atoms with Crippen molar-refractivity contribution < 1.29 is 9.18 Å². The summed E-state index contributed by atoms with van der Waals surface area (Å²) in [5, 5.41) is 5.74. The fourth-order valence-electron chi connectivity index (χ4n) is 1.73. The highest BCUT2D eigenvalue weighted by molar-refractivity contribution is 6.33. The van der Waals surface area contributed by atoms with Crippen molar-refractivity contribution in [1.82, 2.24) is 5.32 Å². The molecule has 0 aliphatic carbocycles. The van der Waals surface area contributed by atoms with E-state index < -0.39 is 5.82 Å². The SMILES string of the molecule is CNC(=O)c1ccc(N)cc1Nc1ccc(F)cc1Cl. The minimum Gasteiger partial charge on any atom is -0.399 e. The summed E-state index contributed by atoms with van der Waals surface area (Å²) in [5.41, 5.74) is 7.62. The van der Waals surface area contributed by atoms with Gasteiger partial charge in [-0.3, -0.25) is 4.79 Å². The molecule has 0 atom stereocenters. The molecule has 104 valence electrons. The van der Waals surface area contributed by atoms with E-state index in [0.29, 0.717) is 22.6 Å². The van der Waals surface area contributed by atoms with Gasteiger partial charge in [0.2, 0.25) is 0 Å². The molecule has 0 spiro atoms. The van der Waals surface area contributed by atoms with Gasteiger partial charge in [-0.15, -0.1) is 0 Å². The van der Waals surface area contributed by atoms with Crippen LogP contribution in [0.2, 0.25) is 5.02 Å². The number of carbonyl (C=O) groups is 1. The Morgan fingerprint density at radius 1 is 1.20 bits per heavy atom. The molecule has 4 N–H and O–H groups in total. The normalized spacial score (nSPS) is 10.2. The van der Waals surface area contributed by atoms with E-state index in [-0.39, 0.29) is 10.9 Å². The van der Waals surface area contributed by atoms with Gasteiger partial charge in [-0.2, -0.15) is 0 Å². The smallest absolute Gasteiger partial charge is 0.253 e. The topological polar surface area (TPSA) is 67.2 Å². The number of anilines is 3. The van der Waals surface area contributed by atoms with E-state index in [1.54, 1.807) is 18.2 Å². The van der Waals surface area contributed by atoms with Gasteiger partial charge < -0.3 is 16.4 Å². The number of nitrogens with two attached hydrogens (primary N) is 1. The van der Waals surface area contributed by atoms with Crippen LogP contribution in [0.5, 0.6) is 0 Å². The zero-order valence-electron chi connectivity index (χ0n) is 10.7. The molecule has 0 unspecified atom stereocenters. The summed E-state index contributed by atoms with van der Waals surface area (Å²) in [6, 6.07) is 8.81. The monoisotopic (exact) mass is 293 g/mol. The van der Waals surface area contributed by atoms with E-state index >= 15 is 0 Å². The Hall–Kier alpha value is -2.27. The molecule has 2 aromatic rings. The van der Waals surface area contributed by atoms with E-state index in [1.807, 2.05) is 0 Å². The van der Waals surface area contributed by atoms with Crippen LogP contribution in [0.25, 0.3) is 0 Å². The van der Waals surface area contributed by atoms with Crippen molar-refractivity contribution in [1.29, 1.82) is 0 Å². The molecule has 4 nitrogen and oxygen atoms in total. The molecule has 0 saturated heterocycles. The molecule has 0 saturated carbocycles. The zero-order chi connectivity index (χ0) is 14.7. The van der Waals surface area contributed by atoms with Crippen LogP contribution < -0.4 is 16.4 Å². The van der Waals surface area contributed by atoms with Crippen LogP contribution in [-0.2, 0) is 0 Å². The summed E-state index contributed by atoms with van der Waals surface area (Å²) >= 11 is 5.95. The highest BCUT2D eigenvalue weighted by atomic mass is 35.5. The second-order valence-electron chi connectivity index (χ2n) is 4.13. The third kappa shape index (κ3) is 3.00. The Bertz CT molecular complexity index is 661. The Kier molecular flexibility index (Phi) is 4.10. The number of benzene rings is 2. The Morgan fingerprint density at radius 2 is 1.95 bits per heavy atom. The number of carbonyl (C=O) groups excluding carboxylic acids is 1. The van der Waals surface area contributed by atoms with E-state index in [0.717, 1.165) is 0 Å². The molecule has 0 aromatic heterocycles. The van der Waals surface area contributed by atoms with Crippen molar-refractivity contribution in [3.63, 3.8) is 0 Å². The molecule has 6 heteroatoms. The predicted octanol–water partition coefficient (Wildman–Crippen LogP) is 3.16. The highest BCUT2D eigenvalue weighted by Gasteiger charge is 2.12. The van der Waals surface area contributed by atoms with Gasteiger partial charge in [0.25, 0.3) is 5.91 Å². The van der Waals surface area contributed by atoms with Gasteiger partial charge in [0.1, 0.15) is 5.82 Å². The summed E-state index contributed by atoms with van der Waals surface area (Å²) < 4.78 is 13.0. The van der Waals surface area contributed by atoms with E-state index in [1.165, 1.54) is 25.2 Å². The minimum atomic E-state index is -0.431. The van der Waals surface area contributed by atoms with Crippen LogP contribution in [0.1, 0.15) is 10.4 Å². The lowest BCUT2D eigenvalue weighted by Crippen LogP contribution is -2.19. The average molecular weight is 294 g/mol. The summed E-state index contributed by atoms with van der Waals surface area (Å²) in [6.45, 7) is 0. The molecule has 0 heterocycles. The third-order valence-corrected chi connectivity index (χ3v) is 3.03. The van der Waals surface area contributed by atoms with Gasteiger partial charge in [0.15, 0.2) is 0 Å². The van der Waals surface area contributed by atoms with Crippen molar-refractivity contribution in [3.8, 4) is 0 Å². The maximum atomic E-state index is 13.0. The molecule has 0 radical (unpaired) electrons. The van der Waals surface area contributed by atoms with Crippen LogP contribution in [0, 0.1) is 5.82 Å². The number of nitrogens with one attached hydrogen (secondary N) is 2. The first-order valence-corrected chi connectivity index (χ1v) is 6.22. The lowest BCUT2D eigenvalue weighted by molar-refractivity contribution is 0.0964. The molecule has 2 rings (SSSR count). The summed E-state index contributed by atoms with van der Waals surface area (Å²) in [6.07, 6.45) is 0. The van der Waals surface area contributed by atoms with Gasteiger partial charge in [-0.25, -0.2) is 4.39 Å². The van der Waals surface area contributed by atoms with Gasteiger partial charge in [-0.05, 0) is 36.4 Å². The standard InChI is InChI=1S/C14H13ClFN3O/c1-18-14(20)10-4-3-9(17)7-13(10)19-12-5-2-8(16)6-11(12)15/h2-7,19H,17H2,1H3,(H,18,20). The highest BCUT2D eigenvalue weighted by Crippen LogP contribution is 2.29. The lowest BCUT2D eigenvalue weighted by atomic mass is 10.1. The first kappa shape index (κ1) is 14.1. The fraction of sp³-hybridized carbons (Fsp3) is 0.0714. The number of rotatable bonds is 3. The fourth-order valence-corrected chi connectivity index (χ4v) is 1.95. The number of nitrogen functional groups attached to an aromatic ring is 1. The molecular weight excluding hydrogens is 281 g/mol. The molecular formula is C14H13ClFN3O. The van der Waals surface area contributed by atoms with E-state index in [9.17, 15) is 9.18 Å². The summed E-state index contributed by atoms with van der Waals surface area (Å²) in [7, 11) is 1.54. The first-order valence-electron chi connectivity index (χ1n) is 5.85. The van der Waals surface area contributed by atoms with Crippen LogP contribution >= 0.6 is 11.6 Å². The molecule has 0 bridgehead atoms. The number of amides is 1. The molecule has 20 heavy (non-hydrogen) atoms. The van der Waals surface area contributed by atoms with Crippen molar-refractivity contribution in [2.24, 2.45) is 0 Å². The molecule has 0 aliphatic rings. The molecule has 0 aliphatic heterocycles. The minimum absolute atomic E-state index is 0.218. The number of hydrogen-bond donors (Lipinski definition) is 3. The van der Waals surface area contributed by atoms with Crippen LogP contribution in [-0.4, -0.2) is 13.0 Å². The summed E-state index contributed by atoms with van der Waals surface area (Å²) in [4.78, 5) is 11.8. The van der Waals surface area contributed by atoms with Crippen molar-refractivity contribution >= 4 is 34.6 Å². The lowest BCUT2D eigenvalue weighted by Gasteiger charge is -2.13. The van der Waals surface area contributed by atoms with Crippen molar-refractivity contribution in [3.05, 3.63) is 52.8 Å². The second kappa shape index (κ2) is 5.79. The largest absolute Gasteiger partial charge is 0.399 e. The maximum absolute atomic E-state index is 13.0. The molecule has 0 fully saturated rings. The Balaban J connectivity index is 2.41. The number of hydrogen-bond acceptors (Lipinski definition) is 3. The van der Waals surface area contributed by atoms with Gasteiger partial charge in [-0.1, -0.05) is 11.6 Å². The first-order chi connectivity index (χ1) is 9.51. The quantitative estimate of drug-likeness (QED) is 0.762. The van der Waals surface area contributed by atoms with Crippen LogP contribution in [0.4, 0.5) is 21.5 Å². The third-order valence-electron chi connectivity index (χ3n) is 2.72. The van der Waals surface area contributed by atoms with Gasteiger partial charge in [0.05, 0.1) is 22.0 Å². The number of halogens is 2. The van der Waals surface area contributed by atoms with Crippen molar-refractivity contribution in [2.45, 2.75) is 0 Å². The molecule has 1 amide bonds. The van der Waals surface area contributed by atoms with Gasteiger partial charge >= 0.3 is 0 Å². The van der Waals surface area contributed by atoms with E-state index in [2.05, 4.69) is 10.6 Å². The zero-order valence-corrected chi connectivity index (χ0v) is 11.5. The molecule has 2 aromatic carbocycles. The average Bonchev–Trinajstić information content (AvgIpc) is 2.41. The Morgan fingerprint density at radius 3 is 2.60 bits per heavy atom. The second-order valence-corrected chi connectivity index (χ2v) is 4.54.